The minimum absolute atomic E-state index is 0.0181. The number of carbonyl (C=O) groups is 2. The molecule has 0 radical (unpaired) electrons. The van der Waals surface area contributed by atoms with Crippen LogP contribution >= 0.6 is 0 Å². The standard InChI is InChI=1S/C9H13NO3/c1-6(11)5-13-7-4-8(12)10-9(7,2)3/h4H,5H2,1-3H3,(H,10,12). The van der Waals surface area contributed by atoms with Gasteiger partial charge in [-0.25, -0.2) is 0 Å². The van der Waals surface area contributed by atoms with E-state index in [1.807, 2.05) is 13.8 Å². The molecule has 0 aromatic rings. The maximum Gasteiger partial charge on any atom is 0.248 e. The number of carbonyl (C=O) groups excluding carboxylic acids is 2. The highest BCUT2D eigenvalue weighted by molar-refractivity contribution is 5.92. The predicted molar refractivity (Wildman–Crippen MR) is 46.9 cm³/mol. The topological polar surface area (TPSA) is 55.4 Å². The minimum Gasteiger partial charge on any atom is -0.488 e. The molecule has 1 aliphatic heterocycles. The summed E-state index contributed by atoms with van der Waals surface area (Å²) in [6, 6.07) is 0. The van der Waals surface area contributed by atoms with Crippen LogP contribution in [0.3, 0.4) is 0 Å². The van der Waals surface area contributed by atoms with Gasteiger partial charge in [0.1, 0.15) is 12.4 Å². The van der Waals surface area contributed by atoms with Gasteiger partial charge in [0.15, 0.2) is 5.78 Å². The second kappa shape index (κ2) is 3.20. The number of hydrogen-bond acceptors (Lipinski definition) is 3. The molecule has 0 unspecified atom stereocenters. The van der Waals surface area contributed by atoms with Crippen molar-refractivity contribution in [3.63, 3.8) is 0 Å². The van der Waals surface area contributed by atoms with Crippen LogP contribution in [-0.2, 0) is 14.3 Å². The highest BCUT2D eigenvalue weighted by atomic mass is 16.5. The summed E-state index contributed by atoms with van der Waals surface area (Å²) in [5.41, 5.74) is -0.494. The van der Waals surface area contributed by atoms with E-state index >= 15 is 0 Å². The molecule has 0 aromatic carbocycles. The Bertz CT molecular complexity index is 279. The molecule has 0 atom stereocenters. The van der Waals surface area contributed by atoms with E-state index in [-0.39, 0.29) is 18.3 Å². The number of ketones is 1. The number of ether oxygens (including phenoxy) is 1. The molecule has 1 N–H and O–H groups in total. The smallest absolute Gasteiger partial charge is 0.248 e. The highest BCUT2D eigenvalue weighted by Crippen LogP contribution is 2.21. The number of amides is 1. The van der Waals surface area contributed by atoms with Gasteiger partial charge in [0.25, 0.3) is 0 Å². The fourth-order valence-electron chi connectivity index (χ4n) is 1.11. The Morgan fingerprint density at radius 3 is 2.62 bits per heavy atom. The zero-order valence-corrected chi connectivity index (χ0v) is 8.01. The fourth-order valence-corrected chi connectivity index (χ4v) is 1.11. The molecule has 1 heterocycles. The molecule has 0 aromatic heterocycles. The van der Waals surface area contributed by atoms with E-state index in [1.165, 1.54) is 13.0 Å². The Balaban J connectivity index is 2.63. The Kier molecular flexibility index (Phi) is 2.40. The third-order valence-electron chi connectivity index (χ3n) is 1.74. The average Bonchev–Trinajstić information content (AvgIpc) is 2.19. The lowest BCUT2D eigenvalue weighted by molar-refractivity contribution is -0.120. The summed E-state index contributed by atoms with van der Waals surface area (Å²) >= 11 is 0. The molecule has 0 fully saturated rings. The number of Topliss-reactive ketones (excluding diaryl/α,β-unsaturated/α-hetero) is 1. The molecule has 4 heteroatoms. The maximum absolute atomic E-state index is 11.0. The van der Waals surface area contributed by atoms with Gasteiger partial charge >= 0.3 is 0 Å². The van der Waals surface area contributed by atoms with E-state index in [9.17, 15) is 9.59 Å². The number of hydrogen-bond donors (Lipinski definition) is 1. The van der Waals surface area contributed by atoms with Crippen LogP contribution in [0.5, 0.6) is 0 Å². The van der Waals surface area contributed by atoms with Crippen molar-refractivity contribution in [1.82, 2.24) is 5.32 Å². The third-order valence-corrected chi connectivity index (χ3v) is 1.74. The SMILES string of the molecule is CC(=O)COC1=CC(=O)NC1(C)C. The zero-order chi connectivity index (χ0) is 10.1. The lowest BCUT2D eigenvalue weighted by Gasteiger charge is -2.22. The molecule has 0 aliphatic carbocycles. The van der Waals surface area contributed by atoms with Gasteiger partial charge < -0.3 is 10.1 Å². The second-order valence-electron chi connectivity index (χ2n) is 3.61. The summed E-state index contributed by atoms with van der Waals surface area (Å²) in [5, 5.41) is 2.70. The van der Waals surface area contributed by atoms with Gasteiger partial charge in [0.2, 0.25) is 5.91 Å². The van der Waals surface area contributed by atoms with Crippen LogP contribution in [0.15, 0.2) is 11.8 Å². The molecular formula is C9H13NO3. The van der Waals surface area contributed by atoms with Gasteiger partial charge in [0.05, 0.1) is 5.54 Å². The fraction of sp³-hybridized carbons (Fsp3) is 0.556. The van der Waals surface area contributed by atoms with E-state index in [0.29, 0.717) is 5.76 Å². The van der Waals surface area contributed by atoms with Crippen LogP contribution in [0.2, 0.25) is 0 Å². The van der Waals surface area contributed by atoms with Crippen LogP contribution in [0.25, 0.3) is 0 Å². The highest BCUT2D eigenvalue weighted by Gasteiger charge is 2.33. The molecular weight excluding hydrogens is 170 g/mol. The van der Waals surface area contributed by atoms with Gasteiger partial charge in [-0.15, -0.1) is 0 Å². The molecule has 1 rings (SSSR count). The first kappa shape index (κ1) is 9.77. The van der Waals surface area contributed by atoms with Crippen molar-refractivity contribution in [2.24, 2.45) is 0 Å². The Morgan fingerprint density at radius 2 is 2.23 bits per heavy atom. The average molecular weight is 183 g/mol. The Morgan fingerprint density at radius 1 is 1.62 bits per heavy atom. The van der Waals surface area contributed by atoms with E-state index in [1.54, 1.807) is 0 Å². The van der Waals surface area contributed by atoms with Gasteiger partial charge in [-0.1, -0.05) is 0 Å². The van der Waals surface area contributed by atoms with Crippen molar-refractivity contribution in [2.45, 2.75) is 26.3 Å². The summed E-state index contributed by atoms with van der Waals surface area (Å²) in [4.78, 5) is 21.6. The van der Waals surface area contributed by atoms with Crippen LogP contribution in [0, 0.1) is 0 Å². The second-order valence-corrected chi connectivity index (χ2v) is 3.61. The molecule has 0 spiro atoms. The normalized spacial score (nSPS) is 19.3. The van der Waals surface area contributed by atoms with Crippen LogP contribution < -0.4 is 5.32 Å². The minimum atomic E-state index is -0.494. The van der Waals surface area contributed by atoms with Gasteiger partial charge in [-0.3, -0.25) is 9.59 Å². The lowest BCUT2D eigenvalue weighted by Crippen LogP contribution is -2.39. The first-order chi connectivity index (χ1) is 5.92. The largest absolute Gasteiger partial charge is 0.488 e. The Labute approximate surface area is 76.9 Å². The quantitative estimate of drug-likeness (QED) is 0.688. The van der Waals surface area contributed by atoms with Gasteiger partial charge in [-0.2, -0.15) is 0 Å². The molecule has 72 valence electrons. The molecule has 0 saturated heterocycles. The zero-order valence-electron chi connectivity index (χ0n) is 8.01. The van der Waals surface area contributed by atoms with Gasteiger partial charge in [0, 0.05) is 6.08 Å². The summed E-state index contributed by atoms with van der Waals surface area (Å²) in [7, 11) is 0. The summed E-state index contributed by atoms with van der Waals surface area (Å²) < 4.78 is 5.18. The first-order valence-corrected chi connectivity index (χ1v) is 4.08. The Hall–Kier alpha value is -1.32. The van der Waals surface area contributed by atoms with Gasteiger partial charge in [-0.05, 0) is 20.8 Å². The number of rotatable bonds is 3. The molecule has 13 heavy (non-hydrogen) atoms. The predicted octanol–water partition coefficient (Wildman–Crippen LogP) is 0.384. The molecule has 1 amide bonds. The third kappa shape index (κ3) is 2.31. The summed E-state index contributed by atoms with van der Waals surface area (Å²) in [6.45, 7) is 5.11. The van der Waals surface area contributed by atoms with Crippen LogP contribution in [0.1, 0.15) is 20.8 Å². The van der Waals surface area contributed by atoms with E-state index in [4.69, 9.17) is 4.74 Å². The number of nitrogens with one attached hydrogen (secondary N) is 1. The van der Waals surface area contributed by atoms with Crippen molar-refractivity contribution >= 4 is 11.7 Å². The van der Waals surface area contributed by atoms with E-state index in [2.05, 4.69) is 5.32 Å². The lowest BCUT2D eigenvalue weighted by atomic mass is 10.1. The molecule has 4 nitrogen and oxygen atoms in total. The van der Waals surface area contributed by atoms with Crippen LogP contribution in [-0.4, -0.2) is 23.8 Å². The van der Waals surface area contributed by atoms with Crippen molar-refractivity contribution in [3.05, 3.63) is 11.8 Å². The van der Waals surface area contributed by atoms with Crippen molar-refractivity contribution in [3.8, 4) is 0 Å². The molecule has 0 bridgehead atoms. The molecule has 1 aliphatic rings. The van der Waals surface area contributed by atoms with Crippen molar-refractivity contribution in [2.75, 3.05) is 6.61 Å². The van der Waals surface area contributed by atoms with Crippen LogP contribution in [0.4, 0.5) is 0 Å². The monoisotopic (exact) mass is 183 g/mol. The summed E-state index contributed by atoms with van der Waals surface area (Å²) in [6.07, 6.45) is 1.38. The van der Waals surface area contributed by atoms with E-state index in [0.717, 1.165) is 0 Å². The maximum atomic E-state index is 11.0. The van der Waals surface area contributed by atoms with Crippen molar-refractivity contribution in [1.29, 1.82) is 0 Å². The first-order valence-electron chi connectivity index (χ1n) is 4.08. The van der Waals surface area contributed by atoms with E-state index < -0.39 is 5.54 Å². The van der Waals surface area contributed by atoms with Crippen molar-refractivity contribution < 1.29 is 14.3 Å². The summed E-state index contributed by atoms with van der Waals surface area (Å²) in [5.74, 6) is 0.285. The molecule has 0 saturated carbocycles.